The van der Waals surface area contributed by atoms with Crippen LogP contribution in [0.4, 0.5) is 5.69 Å². The van der Waals surface area contributed by atoms with Gasteiger partial charge in [0, 0.05) is 44.0 Å². The summed E-state index contributed by atoms with van der Waals surface area (Å²) in [6.45, 7) is 4.69. The van der Waals surface area contributed by atoms with E-state index in [1.54, 1.807) is 30.3 Å². The molecule has 2 aliphatic rings. The molecule has 0 amide bonds. The van der Waals surface area contributed by atoms with Gasteiger partial charge in [0.2, 0.25) is 6.79 Å². The Morgan fingerprint density at radius 2 is 1.69 bits per heavy atom. The molecule has 7 nitrogen and oxygen atoms in total. The molecule has 5 rings (SSSR count). The second-order valence-electron chi connectivity index (χ2n) is 8.92. The first kappa shape index (κ1) is 23.9. The summed E-state index contributed by atoms with van der Waals surface area (Å²) >= 11 is 0. The highest BCUT2D eigenvalue weighted by Gasteiger charge is 2.20. The number of piperazine rings is 1. The van der Waals surface area contributed by atoms with Gasteiger partial charge in [0.25, 0.3) is 0 Å². The van der Waals surface area contributed by atoms with Crippen LogP contribution in [0.5, 0.6) is 17.2 Å². The summed E-state index contributed by atoms with van der Waals surface area (Å²) < 4.78 is 16.4. The SMILES string of the molecule is O=C(C=Cc1ccc2c(c1)OCO2)c1ccc(OCC(O)CN2CCN(c3ccccc3)CC2)cc1. The average molecular weight is 487 g/mol. The average Bonchev–Trinajstić information content (AvgIpc) is 3.40. The Bertz CT molecular complexity index is 1190. The third-order valence-electron chi connectivity index (χ3n) is 6.37. The van der Waals surface area contributed by atoms with Crippen LogP contribution in [-0.4, -0.2) is 68.0 Å². The van der Waals surface area contributed by atoms with E-state index in [9.17, 15) is 9.90 Å². The molecule has 1 fully saturated rings. The van der Waals surface area contributed by atoms with E-state index < -0.39 is 6.10 Å². The smallest absolute Gasteiger partial charge is 0.231 e. The maximum Gasteiger partial charge on any atom is 0.231 e. The number of rotatable bonds is 9. The number of aliphatic hydroxyl groups excluding tert-OH is 1. The van der Waals surface area contributed by atoms with E-state index in [4.69, 9.17) is 14.2 Å². The number of hydrogen-bond acceptors (Lipinski definition) is 7. The highest BCUT2D eigenvalue weighted by Crippen LogP contribution is 2.32. The van der Waals surface area contributed by atoms with Crippen LogP contribution in [0.15, 0.2) is 78.9 Å². The van der Waals surface area contributed by atoms with Gasteiger partial charge in [0.15, 0.2) is 17.3 Å². The second-order valence-corrected chi connectivity index (χ2v) is 8.92. The number of benzene rings is 3. The van der Waals surface area contributed by atoms with Crippen molar-refractivity contribution in [1.29, 1.82) is 0 Å². The van der Waals surface area contributed by atoms with Crippen LogP contribution in [0.25, 0.3) is 6.08 Å². The molecule has 7 heteroatoms. The molecule has 0 radical (unpaired) electrons. The van der Waals surface area contributed by atoms with Crippen molar-refractivity contribution in [3.05, 3.63) is 90.0 Å². The number of nitrogens with zero attached hydrogens (tertiary/aromatic N) is 2. The van der Waals surface area contributed by atoms with Crippen molar-refractivity contribution >= 4 is 17.5 Å². The summed E-state index contributed by atoms with van der Waals surface area (Å²) in [6.07, 6.45) is 2.71. The first-order chi connectivity index (χ1) is 17.6. The van der Waals surface area contributed by atoms with Crippen molar-refractivity contribution in [2.75, 3.05) is 51.0 Å². The number of allylic oxidation sites excluding steroid dienone is 1. The van der Waals surface area contributed by atoms with Crippen LogP contribution < -0.4 is 19.1 Å². The molecule has 0 aromatic heterocycles. The molecular formula is C29H30N2O5. The molecule has 1 unspecified atom stereocenters. The molecule has 0 spiro atoms. The summed E-state index contributed by atoms with van der Waals surface area (Å²) in [5.74, 6) is 1.92. The third-order valence-corrected chi connectivity index (χ3v) is 6.37. The van der Waals surface area contributed by atoms with Crippen molar-refractivity contribution in [3.8, 4) is 17.2 Å². The summed E-state index contributed by atoms with van der Waals surface area (Å²) in [5, 5.41) is 10.5. The minimum atomic E-state index is -0.584. The van der Waals surface area contributed by atoms with Crippen molar-refractivity contribution in [1.82, 2.24) is 4.90 Å². The molecule has 1 N–H and O–H groups in total. The predicted molar refractivity (Wildman–Crippen MR) is 139 cm³/mol. The minimum absolute atomic E-state index is 0.103. The van der Waals surface area contributed by atoms with Gasteiger partial charge in [-0.3, -0.25) is 9.69 Å². The Morgan fingerprint density at radius 1 is 0.944 bits per heavy atom. The predicted octanol–water partition coefficient (Wildman–Crippen LogP) is 3.87. The van der Waals surface area contributed by atoms with Crippen molar-refractivity contribution in [2.24, 2.45) is 0 Å². The zero-order chi connectivity index (χ0) is 24.7. The topological polar surface area (TPSA) is 71.5 Å². The van der Waals surface area contributed by atoms with Crippen LogP contribution in [0, 0.1) is 0 Å². The molecule has 2 aliphatic heterocycles. The lowest BCUT2D eigenvalue weighted by molar-refractivity contribution is 0.0663. The van der Waals surface area contributed by atoms with E-state index in [2.05, 4.69) is 34.1 Å². The number of hydrogen-bond donors (Lipinski definition) is 1. The van der Waals surface area contributed by atoms with E-state index in [1.165, 1.54) is 11.8 Å². The van der Waals surface area contributed by atoms with Crippen molar-refractivity contribution < 1.29 is 24.1 Å². The van der Waals surface area contributed by atoms with Crippen LogP contribution in [0.3, 0.4) is 0 Å². The molecule has 2 heterocycles. The number of anilines is 1. The lowest BCUT2D eigenvalue weighted by Gasteiger charge is -2.36. The summed E-state index contributed by atoms with van der Waals surface area (Å²) in [6, 6.07) is 22.9. The number of para-hydroxylation sites is 1. The monoisotopic (exact) mass is 486 g/mol. The van der Waals surface area contributed by atoms with E-state index in [0.717, 1.165) is 31.7 Å². The Hall–Kier alpha value is -3.81. The van der Waals surface area contributed by atoms with Gasteiger partial charge in [-0.25, -0.2) is 0 Å². The zero-order valence-corrected chi connectivity index (χ0v) is 20.1. The molecule has 0 aliphatic carbocycles. The Morgan fingerprint density at radius 3 is 2.47 bits per heavy atom. The van der Waals surface area contributed by atoms with Gasteiger partial charge in [0.05, 0.1) is 0 Å². The maximum absolute atomic E-state index is 12.5. The number of aliphatic hydroxyl groups is 1. The summed E-state index contributed by atoms with van der Waals surface area (Å²) in [5.41, 5.74) is 2.67. The number of carbonyl (C=O) groups is 1. The Balaban J connectivity index is 1.05. The molecule has 0 saturated carbocycles. The standard InChI is InChI=1S/C29H30N2O5/c32-25(19-30-14-16-31(17-15-30)24-4-2-1-3-5-24)20-34-26-10-8-23(9-11-26)27(33)12-6-22-7-13-28-29(18-22)36-21-35-28/h1-13,18,25,32H,14-17,19-21H2. The second kappa shape index (κ2) is 11.3. The normalized spacial score (nSPS) is 16.3. The van der Waals surface area contributed by atoms with Crippen molar-refractivity contribution in [3.63, 3.8) is 0 Å². The Labute approximate surface area is 211 Å². The fraction of sp³-hybridized carbons (Fsp3) is 0.276. The first-order valence-electron chi connectivity index (χ1n) is 12.2. The third kappa shape index (κ3) is 6.05. The van der Waals surface area contributed by atoms with E-state index in [1.807, 2.05) is 24.3 Å². The molecule has 1 saturated heterocycles. The zero-order valence-electron chi connectivity index (χ0n) is 20.1. The molecule has 0 bridgehead atoms. The van der Waals surface area contributed by atoms with Crippen LogP contribution in [0.1, 0.15) is 15.9 Å². The number of carbonyl (C=O) groups excluding carboxylic acids is 1. The van der Waals surface area contributed by atoms with Gasteiger partial charge >= 0.3 is 0 Å². The molecule has 1 atom stereocenters. The lowest BCUT2D eigenvalue weighted by Crippen LogP contribution is -2.49. The number of β-amino-alcohol motifs (C(OH)–C–C–N with tert-alkyl or cyclic N) is 1. The molecule has 3 aromatic carbocycles. The van der Waals surface area contributed by atoms with Gasteiger partial charge in [-0.2, -0.15) is 0 Å². The molecule has 36 heavy (non-hydrogen) atoms. The number of fused-ring (bicyclic) bond motifs is 1. The lowest BCUT2D eigenvalue weighted by atomic mass is 10.1. The fourth-order valence-corrected chi connectivity index (χ4v) is 4.37. The Kier molecular flexibility index (Phi) is 7.50. The fourth-order valence-electron chi connectivity index (χ4n) is 4.37. The van der Waals surface area contributed by atoms with E-state index in [0.29, 0.717) is 29.4 Å². The van der Waals surface area contributed by atoms with Crippen LogP contribution in [-0.2, 0) is 0 Å². The highest BCUT2D eigenvalue weighted by molar-refractivity contribution is 6.06. The quantitative estimate of drug-likeness (QED) is 0.364. The summed E-state index contributed by atoms with van der Waals surface area (Å²) in [7, 11) is 0. The summed E-state index contributed by atoms with van der Waals surface area (Å²) in [4.78, 5) is 17.2. The van der Waals surface area contributed by atoms with Crippen LogP contribution in [0.2, 0.25) is 0 Å². The number of ketones is 1. The van der Waals surface area contributed by atoms with Gasteiger partial charge in [-0.1, -0.05) is 30.3 Å². The minimum Gasteiger partial charge on any atom is -0.491 e. The van der Waals surface area contributed by atoms with Gasteiger partial charge in [0.1, 0.15) is 18.5 Å². The van der Waals surface area contributed by atoms with Gasteiger partial charge in [-0.15, -0.1) is 0 Å². The van der Waals surface area contributed by atoms with E-state index >= 15 is 0 Å². The van der Waals surface area contributed by atoms with Crippen molar-refractivity contribution in [2.45, 2.75) is 6.10 Å². The molecular weight excluding hydrogens is 456 g/mol. The highest BCUT2D eigenvalue weighted by atomic mass is 16.7. The first-order valence-corrected chi connectivity index (χ1v) is 12.2. The molecule has 186 valence electrons. The number of ether oxygens (including phenoxy) is 3. The van der Waals surface area contributed by atoms with Gasteiger partial charge in [-0.05, 0) is 60.2 Å². The maximum atomic E-state index is 12.5. The van der Waals surface area contributed by atoms with Crippen LogP contribution >= 0.6 is 0 Å². The van der Waals surface area contributed by atoms with E-state index in [-0.39, 0.29) is 19.2 Å². The molecule has 3 aromatic rings. The largest absolute Gasteiger partial charge is 0.491 e. The van der Waals surface area contributed by atoms with Gasteiger partial charge < -0.3 is 24.2 Å².